The van der Waals surface area contributed by atoms with E-state index in [1.807, 2.05) is 6.07 Å². The first-order chi connectivity index (χ1) is 11.2. The molecule has 0 amide bonds. The lowest BCUT2D eigenvalue weighted by Crippen LogP contribution is -2.15. The first kappa shape index (κ1) is 13.5. The van der Waals surface area contributed by atoms with Crippen molar-refractivity contribution in [3.8, 4) is 11.3 Å². The molecule has 1 aliphatic carbocycles. The Labute approximate surface area is 131 Å². The number of esters is 1. The number of ketones is 1. The van der Waals surface area contributed by atoms with Gasteiger partial charge in [-0.3, -0.25) is 24.5 Å². The molecule has 0 bridgehead atoms. The Morgan fingerprint density at radius 1 is 1.09 bits per heavy atom. The molecular formula is C17H11N3O3. The molecule has 0 atom stereocenters. The average Bonchev–Trinajstić information content (AvgIpc) is 2.58. The van der Waals surface area contributed by atoms with Crippen molar-refractivity contribution in [1.82, 2.24) is 15.0 Å². The number of ether oxygens (including phenoxy) is 1. The summed E-state index contributed by atoms with van der Waals surface area (Å²) in [7, 11) is 0. The Hall–Kier alpha value is -3.15. The van der Waals surface area contributed by atoms with Crippen LogP contribution in [0, 0.1) is 0 Å². The Balaban J connectivity index is 2.01. The van der Waals surface area contributed by atoms with Crippen LogP contribution in [0.3, 0.4) is 0 Å². The first-order valence-corrected chi connectivity index (χ1v) is 7.07. The summed E-state index contributed by atoms with van der Waals surface area (Å²) in [5.74, 6) is -0.584. The molecule has 0 unspecified atom stereocenters. The van der Waals surface area contributed by atoms with Gasteiger partial charge in [-0.2, -0.15) is 0 Å². The largest absolute Gasteiger partial charge is 0.461 e. The third kappa shape index (κ3) is 1.99. The fraction of sp³-hybridized carbons (Fsp3) is 0.118. The maximum Gasteiger partial charge on any atom is 0.302 e. The van der Waals surface area contributed by atoms with Crippen molar-refractivity contribution in [3.63, 3.8) is 0 Å². The van der Waals surface area contributed by atoms with Gasteiger partial charge in [-0.1, -0.05) is 0 Å². The lowest BCUT2D eigenvalue weighted by Gasteiger charge is -2.18. The number of pyridine rings is 3. The molecule has 0 fully saturated rings. The molecule has 6 nitrogen and oxygen atoms in total. The fourth-order valence-electron chi connectivity index (χ4n) is 2.81. The second kappa shape index (κ2) is 4.95. The van der Waals surface area contributed by atoms with Gasteiger partial charge in [-0.05, 0) is 23.6 Å². The number of carbonyl (C=O) groups is 2. The summed E-state index contributed by atoms with van der Waals surface area (Å²) in [6.45, 7) is 1.46. The maximum absolute atomic E-state index is 12.6. The normalized spacial score (nSPS) is 12.1. The molecule has 3 aromatic rings. The van der Waals surface area contributed by atoms with Crippen molar-refractivity contribution in [2.45, 2.75) is 13.5 Å². The van der Waals surface area contributed by atoms with Gasteiger partial charge in [-0.25, -0.2) is 0 Å². The van der Waals surface area contributed by atoms with E-state index in [4.69, 9.17) is 4.74 Å². The van der Waals surface area contributed by atoms with Crippen molar-refractivity contribution in [2.24, 2.45) is 0 Å². The number of fused-ring (bicyclic) bond motifs is 2. The van der Waals surface area contributed by atoms with Crippen LogP contribution in [0.4, 0.5) is 0 Å². The summed E-state index contributed by atoms with van der Waals surface area (Å²) in [5, 5.41) is 1.49. The molecule has 0 radical (unpaired) electrons. The topological polar surface area (TPSA) is 82.0 Å². The van der Waals surface area contributed by atoms with Crippen LogP contribution in [0.2, 0.25) is 0 Å². The van der Waals surface area contributed by atoms with Gasteiger partial charge >= 0.3 is 5.97 Å². The molecule has 0 N–H and O–H groups in total. The first-order valence-electron chi connectivity index (χ1n) is 7.07. The number of hydrogen-bond acceptors (Lipinski definition) is 6. The second-order valence-corrected chi connectivity index (χ2v) is 5.22. The van der Waals surface area contributed by atoms with Crippen molar-refractivity contribution in [2.75, 3.05) is 0 Å². The highest BCUT2D eigenvalue weighted by Crippen LogP contribution is 2.37. The smallest absolute Gasteiger partial charge is 0.302 e. The molecule has 0 aliphatic heterocycles. The SMILES string of the molecule is CC(=O)OCc1cnc2c3c(nccc13)C(=O)c1ncccc1-2. The van der Waals surface area contributed by atoms with E-state index in [-0.39, 0.29) is 18.4 Å². The molecule has 112 valence electrons. The van der Waals surface area contributed by atoms with Crippen LogP contribution in [-0.4, -0.2) is 26.7 Å². The van der Waals surface area contributed by atoms with E-state index in [9.17, 15) is 9.59 Å². The van der Waals surface area contributed by atoms with Crippen LogP contribution >= 0.6 is 0 Å². The molecule has 0 spiro atoms. The predicted octanol–water partition coefficient (Wildman–Crippen LogP) is 2.30. The predicted molar refractivity (Wildman–Crippen MR) is 81.7 cm³/mol. The maximum atomic E-state index is 12.6. The number of aromatic nitrogens is 3. The zero-order valence-electron chi connectivity index (χ0n) is 12.2. The third-order valence-electron chi connectivity index (χ3n) is 3.81. The van der Waals surface area contributed by atoms with Gasteiger partial charge in [0.1, 0.15) is 18.0 Å². The summed E-state index contributed by atoms with van der Waals surface area (Å²) in [6.07, 6.45) is 4.82. The van der Waals surface area contributed by atoms with Gasteiger partial charge in [0.05, 0.1) is 5.69 Å². The lowest BCUT2D eigenvalue weighted by molar-refractivity contribution is -0.142. The van der Waals surface area contributed by atoms with Gasteiger partial charge in [-0.15, -0.1) is 0 Å². The zero-order valence-corrected chi connectivity index (χ0v) is 12.2. The summed E-state index contributed by atoms with van der Waals surface area (Å²) in [4.78, 5) is 36.5. The Bertz CT molecular complexity index is 982. The van der Waals surface area contributed by atoms with Crippen molar-refractivity contribution >= 4 is 22.5 Å². The molecule has 4 rings (SSSR count). The van der Waals surface area contributed by atoms with Gasteiger partial charge in [0.25, 0.3) is 0 Å². The Kier molecular flexibility index (Phi) is 2.90. The van der Waals surface area contributed by atoms with Crippen LogP contribution in [0.15, 0.2) is 36.8 Å². The van der Waals surface area contributed by atoms with E-state index in [1.165, 1.54) is 6.92 Å². The average molecular weight is 305 g/mol. The van der Waals surface area contributed by atoms with E-state index in [2.05, 4.69) is 15.0 Å². The molecule has 23 heavy (non-hydrogen) atoms. The highest BCUT2D eigenvalue weighted by atomic mass is 16.5. The fourth-order valence-corrected chi connectivity index (χ4v) is 2.81. The van der Waals surface area contributed by atoms with Crippen LogP contribution < -0.4 is 0 Å². The number of hydrogen-bond donors (Lipinski definition) is 0. The zero-order chi connectivity index (χ0) is 16.0. The van der Waals surface area contributed by atoms with Gasteiger partial charge < -0.3 is 4.74 Å². The number of rotatable bonds is 2. The summed E-state index contributed by atoms with van der Waals surface area (Å²) < 4.78 is 5.07. The highest BCUT2D eigenvalue weighted by molar-refractivity contribution is 6.23. The van der Waals surface area contributed by atoms with Crippen LogP contribution in [0.1, 0.15) is 28.7 Å². The van der Waals surface area contributed by atoms with E-state index < -0.39 is 0 Å². The monoisotopic (exact) mass is 305 g/mol. The standard InChI is InChI=1S/C17H11N3O3/c1-9(21)23-8-10-7-20-14-12-3-2-5-18-15(12)17(22)16-13(14)11(10)4-6-19-16/h2-7H,8H2,1H3. The molecule has 3 heterocycles. The summed E-state index contributed by atoms with van der Waals surface area (Å²) in [5.41, 5.74) is 2.81. The van der Waals surface area contributed by atoms with E-state index >= 15 is 0 Å². The van der Waals surface area contributed by atoms with E-state index in [1.54, 1.807) is 30.7 Å². The molecular weight excluding hydrogens is 294 g/mol. The molecule has 3 aromatic heterocycles. The van der Waals surface area contributed by atoms with Gasteiger partial charge in [0.15, 0.2) is 0 Å². The van der Waals surface area contributed by atoms with Crippen LogP contribution in [0.25, 0.3) is 22.0 Å². The Morgan fingerprint density at radius 3 is 2.74 bits per heavy atom. The summed E-state index contributed by atoms with van der Waals surface area (Å²) >= 11 is 0. The lowest BCUT2D eigenvalue weighted by atomic mass is 9.91. The third-order valence-corrected chi connectivity index (χ3v) is 3.81. The van der Waals surface area contributed by atoms with Crippen LogP contribution in [0.5, 0.6) is 0 Å². The van der Waals surface area contributed by atoms with Crippen molar-refractivity contribution in [1.29, 1.82) is 0 Å². The summed E-state index contributed by atoms with van der Waals surface area (Å²) in [6, 6.07) is 5.40. The molecule has 6 heteroatoms. The quantitative estimate of drug-likeness (QED) is 0.528. The van der Waals surface area contributed by atoms with Crippen molar-refractivity contribution in [3.05, 3.63) is 53.7 Å². The van der Waals surface area contributed by atoms with Gasteiger partial charge in [0, 0.05) is 42.0 Å². The Morgan fingerprint density at radius 2 is 1.91 bits per heavy atom. The van der Waals surface area contributed by atoms with E-state index in [0.29, 0.717) is 28.0 Å². The molecule has 0 saturated carbocycles. The minimum absolute atomic E-state index is 0.108. The van der Waals surface area contributed by atoms with Crippen molar-refractivity contribution < 1.29 is 14.3 Å². The number of carbonyl (C=O) groups excluding carboxylic acids is 2. The van der Waals surface area contributed by atoms with Gasteiger partial charge in [0.2, 0.25) is 5.78 Å². The second-order valence-electron chi connectivity index (χ2n) is 5.22. The molecule has 0 saturated heterocycles. The highest BCUT2D eigenvalue weighted by Gasteiger charge is 2.29. The minimum atomic E-state index is -0.366. The number of nitrogens with zero attached hydrogens (tertiary/aromatic N) is 3. The van der Waals surface area contributed by atoms with E-state index in [0.717, 1.165) is 10.9 Å². The molecule has 0 aromatic carbocycles. The minimum Gasteiger partial charge on any atom is -0.461 e. The van der Waals surface area contributed by atoms with Crippen LogP contribution in [-0.2, 0) is 16.1 Å². The molecule has 1 aliphatic rings.